The molecule has 0 aliphatic heterocycles. The van der Waals surface area contributed by atoms with Crippen molar-refractivity contribution in [2.45, 2.75) is 0 Å². The van der Waals surface area contributed by atoms with Gasteiger partial charge in [0, 0.05) is 0 Å². The van der Waals surface area contributed by atoms with Crippen LogP contribution in [-0.4, -0.2) is 41.1 Å². The molecule has 5 heteroatoms. The molecule has 66 valence electrons. The molecule has 1 aromatic carbocycles. The number of carbonyl (C=O) groups is 1. The van der Waals surface area contributed by atoms with Gasteiger partial charge in [0.2, 0.25) is 0 Å². The topological polar surface area (TPSA) is 46.5 Å². The molecule has 0 amide bonds. The Morgan fingerprint density at radius 1 is 1.38 bits per heavy atom. The number of hydrogen-bond donors (Lipinski definition) is 1. The van der Waals surface area contributed by atoms with Crippen LogP contribution in [0.15, 0.2) is 30.3 Å². The van der Waals surface area contributed by atoms with Gasteiger partial charge in [-0.05, 0) is 12.1 Å². The predicted molar refractivity (Wildman–Crippen MR) is 59.3 cm³/mol. The fourth-order valence-corrected chi connectivity index (χ4v) is 0.662. The summed E-state index contributed by atoms with van der Waals surface area (Å²) in [4.78, 5) is 10.0. The van der Waals surface area contributed by atoms with Gasteiger partial charge in [0.05, 0.1) is 0 Å². The summed E-state index contributed by atoms with van der Waals surface area (Å²) in [6.07, 6.45) is 0. The van der Waals surface area contributed by atoms with Crippen LogP contribution in [0.25, 0.3) is 0 Å². The van der Waals surface area contributed by atoms with Gasteiger partial charge < -0.3 is 9.84 Å². The molecule has 13 heavy (non-hydrogen) atoms. The molecule has 0 heterocycles. The van der Waals surface area contributed by atoms with E-state index in [0.717, 1.165) is 0 Å². The number of benzene rings is 1. The third kappa shape index (κ3) is 7.30. The van der Waals surface area contributed by atoms with Crippen molar-refractivity contribution in [3.63, 3.8) is 0 Å². The molecule has 1 rings (SSSR count). The van der Waals surface area contributed by atoms with Gasteiger partial charge in [-0.15, -0.1) is 0 Å². The van der Waals surface area contributed by atoms with Crippen LogP contribution in [-0.2, 0) is 4.79 Å². The second-order valence-corrected chi connectivity index (χ2v) is 2.00. The monoisotopic (exact) mass is 302 g/mol. The molecule has 0 fully saturated rings. The number of rotatable bonds is 3. The van der Waals surface area contributed by atoms with Gasteiger partial charge in [-0.3, -0.25) is 0 Å². The Labute approximate surface area is 103 Å². The first kappa shape index (κ1) is 13.2. The summed E-state index contributed by atoms with van der Waals surface area (Å²) in [5.74, 6) is -0.385. The first-order valence-electron chi connectivity index (χ1n) is 3.56. The van der Waals surface area contributed by atoms with E-state index < -0.39 is 5.97 Å². The molecular formula is C8H8INaO3. The van der Waals surface area contributed by atoms with Crippen LogP contribution in [0.4, 0.5) is 0 Å². The summed E-state index contributed by atoms with van der Waals surface area (Å²) in [7, 11) is 0. The summed E-state index contributed by atoms with van der Waals surface area (Å²) >= 11 is 3.56. The molecule has 0 spiro atoms. The molecule has 0 atom stereocenters. The molecule has 1 N–H and O–H groups in total. The molecule has 3 nitrogen and oxygen atoms in total. The third-order valence-electron chi connectivity index (χ3n) is 1.11. The van der Waals surface area contributed by atoms with Crippen molar-refractivity contribution < 1.29 is 14.6 Å². The maximum atomic E-state index is 10.0. The molecular weight excluding hydrogens is 294 g/mol. The zero-order valence-corrected chi connectivity index (χ0v) is 11.4. The van der Waals surface area contributed by atoms with Crippen LogP contribution in [0.5, 0.6) is 5.75 Å². The third-order valence-corrected chi connectivity index (χ3v) is 1.11. The van der Waals surface area contributed by atoms with Gasteiger partial charge in [0.25, 0.3) is 0 Å². The Kier molecular flexibility index (Phi) is 8.95. The molecule has 0 aliphatic carbocycles. The van der Waals surface area contributed by atoms with Gasteiger partial charge in [-0.1, -0.05) is 18.2 Å². The molecule has 0 saturated carbocycles. The van der Waals surface area contributed by atoms with E-state index in [2.05, 4.69) is 17.2 Å². The van der Waals surface area contributed by atoms with Gasteiger partial charge in [0.15, 0.2) is 6.61 Å². The fraction of sp³-hybridized carbons (Fsp3) is 0.125. The quantitative estimate of drug-likeness (QED) is 0.682. The van der Waals surface area contributed by atoms with E-state index in [0.29, 0.717) is 5.75 Å². The van der Waals surface area contributed by atoms with Crippen molar-refractivity contribution in [2.75, 3.05) is 6.61 Å². The average Bonchev–Trinajstić information content (AvgIpc) is 2.19. The summed E-state index contributed by atoms with van der Waals surface area (Å²) in [6, 6.07) is 8.84. The Morgan fingerprint density at radius 3 is 2.38 bits per heavy atom. The molecule has 1 aromatic rings. The Hall–Kier alpha value is 0.220. The fourth-order valence-electron chi connectivity index (χ4n) is 0.662. The number of aliphatic carboxylic acids is 1. The second-order valence-electron chi connectivity index (χ2n) is 2.00. The number of ether oxygens (including phenoxy) is 1. The van der Waals surface area contributed by atoms with Crippen molar-refractivity contribution >= 4 is 46.6 Å². The molecule has 0 aliphatic rings. The van der Waals surface area contributed by atoms with Gasteiger partial charge in [0.1, 0.15) is 5.75 Å². The molecule has 0 saturated heterocycles. The molecule has 0 unspecified atom stereocenters. The summed E-state index contributed by atoms with van der Waals surface area (Å²) in [5.41, 5.74) is 0. The number of hydrogen-bond acceptors (Lipinski definition) is 2. The summed E-state index contributed by atoms with van der Waals surface area (Å²) < 4.78 is 4.87. The van der Waals surface area contributed by atoms with Crippen LogP contribution in [0.1, 0.15) is 0 Å². The normalized spacial score (nSPS) is 8.23. The summed E-state index contributed by atoms with van der Waals surface area (Å²) in [6.45, 7) is -0.288. The van der Waals surface area contributed by atoms with Crippen LogP contribution in [0.2, 0.25) is 0 Å². The minimum atomic E-state index is -0.964. The number of halogens is 1. The van der Waals surface area contributed by atoms with Crippen LogP contribution in [0, 0.1) is 0 Å². The van der Waals surface area contributed by atoms with Crippen molar-refractivity contribution in [1.82, 2.24) is 0 Å². The van der Waals surface area contributed by atoms with Gasteiger partial charge in [-0.2, -0.15) is 0 Å². The SMILES string of the molecule is O=C(O)COc1ccccc1.[Na][I]. The average molecular weight is 302 g/mol. The molecule has 0 bridgehead atoms. The predicted octanol–water partition coefficient (Wildman–Crippen LogP) is 1.65. The minimum absolute atomic E-state index is 0.288. The van der Waals surface area contributed by atoms with E-state index in [-0.39, 0.29) is 6.61 Å². The number of carboxylic acids is 1. The number of para-hydroxylation sites is 1. The maximum absolute atomic E-state index is 10.0. The van der Waals surface area contributed by atoms with Gasteiger partial charge >= 0.3 is 46.6 Å². The summed E-state index contributed by atoms with van der Waals surface area (Å²) in [5, 5.41) is 8.25. The van der Waals surface area contributed by atoms with Crippen molar-refractivity contribution in [3.8, 4) is 5.75 Å². The van der Waals surface area contributed by atoms with Crippen LogP contribution >= 0.6 is 17.2 Å². The van der Waals surface area contributed by atoms with Crippen molar-refractivity contribution in [3.05, 3.63) is 30.3 Å². The molecule has 0 aromatic heterocycles. The van der Waals surface area contributed by atoms with E-state index in [1.54, 1.807) is 24.3 Å². The zero-order chi connectivity index (χ0) is 10.1. The second kappa shape index (κ2) is 8.80. The van der Waals surface area contributed by atoms with Crippen molar-refractivity contribution in [1.29, 1.82) is 0 Å². The van der Waals surface area contributed by atoms with E-state index >= 15 is 0 Å². The van der Waals surface area contributed by atoms with Crippen LogP contribution in [0.3, 0.4) is 0 Å². The van der Waals surface area contributed by atoms with Crippen molar-refractivity contribution in [2.24, 2.45) is 0 Å². The first-order valence-corrected chi connectivity index (χ1v) is 10.8. The Morgan fingerprint density at radius 2 is 1.92 bits per heavy atom. The Balaban J connectivity index is 0.000000671. The van der Waals surface area contributed by atoms with Crippen LogP contribution < -0.4 is 4.74 Å². The first-order chi connectivity index (χ1) is 6.29. The van der Waals surface area contributed by atoms with E-state index in [4.69, 9.17) is 9.84 Å². The zero-order valence-electron chi connectivity index (χ0n) is 7.24. The van der Waals surface area contributed by atoms with E-state index in [1.165, 1.54) is 23.4 Å². The Bertz CT molecular complexity index is 240. The van der Waals surface area contributed by atoms with Gasteiger partial charge in [-0.25, -0.2) is 4.79 Å². The van der Waals surface area contributed by atoms with E-state index in [9.17, 15) is 4.79 Å². The van der Waals surface area contributed by atoms with E-state index in [1.807, 2.05) is 6.07 Å². The standard InChI is InChI=1S/C8H8O3.HI.Na/c9-8(10)6-11-7-4-2-1-3-5-7;;/h1-5H,6H2,(H,9,10);1H;/q;;+1/p-1. The number of carboxylic acid groups (broad SMARTS) is 1. The molecule has 0 radical (unpaired) electrons.